The lowest BCUT2D eigenvalue weighted by Crippen LogP contribution is -2.26. The van der Waals surface area contributed by atoms with Crippen molar-refractivity contribution >= 4 is 44.9 Å². The SMILES string of the molecule is CSN1CCC(C)CC1.Cc1ccc(OC(C)C)cc1.O=C(O)Cn1ccc2ccc(Br)nc21. The number of ether oxygens (including phenoxy) is 1. The number of pyridine rings is 1. The zero-order chi connectivity index (χ0) is 25.1. The minimum Gasteiger partial charge on any atom is -0.491 e. The molecular formula is C26H36BrN3O3S. The van der Waals surface area contributed by atoms with E-state index in [1.165, 1.54) is 31.5 Å². The molecule has 0 atom stereocenters. The highest BCUT2D eigenvalue weighted by molar-refractivity contribution is 9.10. The van der Waals surface area contributed by atoms with Crippen LogP contribution in [0.25, 0.3) is 11.0 Å². The van der Waals surface area contributed by atoms with Gasteiger partial charge < -0.3 is 14.4 Å². The number of nitrogens with zero attached hydrogens (tertiary/aromatic N) is 3. The number of rotatable bonds is 5. The second-order valence-corrected chi connectivity index (χ2v) is 10.4. The average molecular weight is 551 g/mol. The molecule has 1 saturated heterocycles. The third-order valence-electron chi connectivity index (χ3n) is 5.28. The van der Waals surface area contributed by atoms with Crippen LogP contribution in [0.3, 0.4) is 0 Å². The second-order valence-electron chi connectivity index (χ2n) is 8.66. The molecule has 186 valence electrons. The Hall–Kier alpha value is -2.03. The van der Waals surface area contributed by atoms with Crippen LogP contribution >= 0.6 is 27.9 Å². The fourth-order valence-corrected chi connectivity index (χ4v) is 4.24. The number of hydrogen-bond donors (Lipinski definition) is 1. The molecule has 0 amide bonds. The zero-order valence-corrected chi connectivity index (χ0v) is 23.1. The van der Waals surface area contributed by atoms with E-state index < -0.39 is 5.97 Å². The van der Waals surface area contributed by atoms with Gasteiger partial charge in [0.2, 0.25) is 0 Å². The van der Waals surface area contributed by atoms with Crippen molar-refractivity contribution in [3.05, 3.63) is 58.8 Å². The Bertz CT molecular complexity index is 1020. The van der Waals surface area contributed by atoms with Crippen LogP contribution in [-0.2, 0) is 11.3 Å². The molecule has 0 radical (unpaired) electrons. The van der Waals surface area contributed by atoms with Crippen LogP contribution < -0.4 is 4.74 Å². The maximum atomic E-state index is 10.5. The fourth-order valence-electron chi connectivity index (χ4n) is 3.37. The molecule has 1 N–H and O–H groups in total. The van der Waals surface area contributed by atoms with Crippen molar-refractivity contribution in [1.29, 1.82) is 0 Å². The predicted molar refractivity (Wildman–Crippen MR) is 145 cm³/mol. The summed E-state index contributed by atoms with van der Waals surface area (Å²) in [5.41, 5.74) is 1.95. The Morgan fingerprint density at radius 2 is 1.82 bits per heavy atom. The number of aromatic nitrogens is 2. The van der Waals surface area contributed by atoms with E-state index >= 15 is 0 Å². The summed E-state index contributed by atoms with van der Waals surface area (Å²) in [6.45, 7) is 11.0. The molecule has 0 unspecified atom stereocenters. The van der Waals surface area contributed by atoms with Crippen molar-refractivity contribution < 1.29 is 14.6 Å². The summed E-state index contributed by atoms with van der Waals surface area (Å²) < 4.78 is 10.2. The van der Waals surface area contributed by atoms with Gasteiger partial charge in [0.15, 0.2) is 0 Å². The molecular weight excluding hydrogens is 514 g/mol. The Morgan fingerprint density at radius 3 is 2.38 bits per heavy atom. The fraction of sp³-hybridized carbons (Fsp3) is 0.462. The number of benzene rings is 1. The minimum atomic E-state index is -0.871. The van der Waals surface area contributed by atoms with Gasteiger partial charge in [-0.3, -0.25) is 9.10 Å². The third kappa shape index (κ3) is 10.1. The molecule has 2 aromatic heterocycles. The molecule has 3 aromatic rings. The summed E-state index contributed by atoms with van der Waals surface area (Å²) in [6.07, 6.45) is 6.92. The van der Waals surface area contributed by atoms with Crippen LogP contribution in [0.2, 0.25) is 0 Å². The van der Waals surface area contributed by atoms with Crippen molar-refractivity contribution in [2.45, 2.75) is 53.2 Å². The number of fused-ring (bicyclic) bond motifs is 1. The number of carbonyl (C=O) groups is 1. The minimum absolute atomic E-state index is 0.0625. The van der Waals surface area contributed by atoms with Gasteiger partial charge in [-0.15, -0.1) is 0 Å². The smallest absolute Gasteiger partial charge is 0.323 e. The normalized spacial score (nSPS) is 14.2. The monoisotopic (exact) mass is 549 g/mol. The number of carboxylic acid groups (broad SMARTS) is 1. The van der Waals surface area contributed by atoms with E-state index in [1.54, 1.807) is 10.8 Å². The summed E-state index contributed by atoms with van der Waals surface area (Å²) in [5.74, 6) is 1.04. The van der Waals surface area contributed by atoms with Gasteiger partial charge in [-0.1, -0.05) is 36.6 Å². The molecule has 0 saturated carbocycles. The van der Waals surface area contributed by atoms with Crippen molar-refractivity contribution in [2.75, 3.05) is 19.3 Å². The molecule has 0 bridgehead atoms. The number of aryl methyl sites for hydroxylation is 1. The molecule has 3 heterocycles. The van der Waals surface area contributed by atoms with Gasteiger partial charge in [0.1, 0.15) is 22.5 Å². The van der Waals surface area contributed by atoms with Crippen LogP contribution in [0.4, 0.5) is 0 Å². The Morgan fingerprint density at radius 1 is 1.18 bits per heavy atom. The average Bonchev–Trinajstić information content (AvgIpc) is 3.18. The highest BCUT2D eigenvalue weighted by Gasteiger charge is 2.13. The highest BCUT2D eigenvalue weighted by Crippen LogP contribution is 2.20. The Balaban J connectivity index is 0.000000185. The molecule has 1 aliphatic rings. The Labute approximate surface area is 216 Å². The second kappa shape index (κ2) is 14.4. The lowest BCUT2D eigenvalue weighted by atomic mass is 10.0. The van der Waals surface area contributed by atoms with Crippen LogP contribution in [0.1, 0.15) is 39.2 Å². The van der Waals surface area contributed by atoms with Gasteiger partial charge in [-0.2, -0.15) is 0 Å². The van der Waals surface area contributed by atoms with Crippen LogP contribution in [0, 0.1) is 12.8 Å². The summed E-state index contributed by atoms with van der Waals surface area (Å²) in [7, 11) is 0. The van der Waals surface area contributed by atoms with E-state index in [9.17, 15) is 4.79 Å². The van der Waals surface area contributed by atoms with E-state index in [2.05, 4.69) is 57.5 Å². The molecule has 34 heavy (non-hydrogen) atoms. The topological polar surface area (TPSA) is 67.6 Å². The van der Waals surface area contributed by atoms with Gasteiger partial charge in [0.05, 0.1) is 6.10 Å². The molecule has 1 aliphatic heterocycles. The molecule has 1 fully saturated rings. The van der Waals surface area contributed by atoms with Crippen molar-refractivity contribution in [3.63, 3.8) is 0 Å². The van der Waals surface area contributed by atoms with E-state index in [-0.39, 0.29) is 12.6 Å². The van der Waals surface area contributed by atoms with Gasteiger partial charge in [-0.25, -0.2) is 4.98 Å². The number of piperidine rings is 1. The van der Waals surface area contributed by atoms with E-state index in [0.717, 1.165) is 17.1 Å². The van der Waals surface area contributed by atoms with Gasteiger partial charge >= 0.3 is 5.97 Å². The van der Waals surface area contributed by atoms with Crippen LogP contribution in [0.15, 0.2) is 53.3 Å². The van der Waals surface area contributed by atoms with Crippen LogP contribution in [-0.4, -0.2) is 50.4 Å². The first-order chi connectivity index (χ1) is 16.2. The van der Waals surface area contributed by atoms with E-state index in [0.29, 0.717) is 10.3 Å². The summed E-state index contributed by atoms with van der Waals surface area (Å²) in [6, 6.07) is 13.7. The summed E-state index contributed by atoms with van der Waals surface area (Å²) in [4.78, 5) is 14.7. The summed E-state index contributed by atoms with van der Waals surface area (Å²) >= 11 is 5.13. The first-order valence-corrected chi connectivity index (χ1v) is 13.5. The third-order valence-corrected chi connectivity index (χ3v) is 6.60. The maximum Gasteiger partial charge on any atom is 0.323 e. The van der Waals surface area contributed by atoms with E-state index in [1.807, 2.05) is 56.1 Å². The standard InChI is InChI=1S/C10H14O.C9H7BrN2O2.C7H15NS/c1-8(2)11-10-6-4-9(3)5-7-10;10-7-2-1-6-3-4-12(5-8(13)14)9(6)11-7;1-7-3-5-8(9-2)6-4-7/h4-8H,1-3H3;1-4H,5H2,(H,13,14);7H,3-6H2,1-2H3. The lowest BCUT2D eigenvalue weighted by molar-refractivity contribution is -0.137. The predicted octanol–water partition coefficient (Wildman–Crippen LogP) is 6.66. The van der Waals surface area contributed by atoms with Gasteiger partial charge in [0, 0.05) is 24.7 Å². The Kier molecular flexibility index (Phi) is 11.9. The first-order valence-electron chi connectivity index (χ1n) is 11.5. The molecule has 0 aliphatic carbocycles. The van der Waals surface area contributed by atoms with Crippen LogP contribution in [0.5, 0.6) is 5.75 Å². The van der Waals surface area contributed by atoms with Gasteiger partial charge in [0.25, 0.3) is 0 Å². The molecule has 1 aromatic carbocycles. The molecule has 6 nitrogen and oxygen atoms in total. The number of aliphatic carboxylic acids is 1. The first kappa shape index (κ1) is 28.2. The zero-order valence-electron chi connectivity index (χ0n) is 20.7. The molecule has 4 rings (SSSR count). The quantitative estimate of drug-likeness (QED) is 0.283. The lowest BCUT2D eigenvalue weighted by Gasteiger charge is -2.27. The molecule has 0 spiro atoms. The number of carboxylic acids is 1. The van der Waals surface area contributed by atoms with E-state index in [4.69, 9.17) is 9.84 Å². The summed E-state index contributed by atoms with van der Waals surface area (Å²) in [5, 5.41) is 9.59. The maximum absolute atomic E-state index is 10.5. The largest absolute Gasteiger partial charge is 0.491 e. The van der Waals surface area contributed by atoms with Gasteiger partial charge in [-0.05, 0) is 92.0 Å². The van der Waals surface area contributed by atoms with Crippen molar-refractivity contribution in [1.82, 2.24) is 13.9 Å². The number of hydrogen-bond acceptors (Lipinski definition) is 5. The van der Waals surface area contributed by atoms with Crippen molar-refractivity contribution in [3.8, 4) is 5.75 Å². The molecule has 8 heteroatoms. The van der Waals surface area contributed by atoms with Crippen molar-refractivity contribution in [2.24, 2.45) is 5.92 Å². The highest BCUT2D eigenvalue weighted by atomic mass is 79.9. The number of halogens is 1.